The van der Waals surface area contributed by atoms with Gasteiger partial charge in [-0.25, -0.2) is 0 Å². The topological polar surface area (TPSA) is 115 Å². The van der Waals surface area contributed by atoms with E-state index in [2.05, 4.69) is 10.3 Å². The fourth-order valence-electron chi connectivity index (χ4n) is 3.81. The summed E-state index contributed by atoms with van der Waals surface area (Å²) >= 11 is 0. The van der Waals surface area contributed by atoms with E-state index in [0.717, 1.165) is 10.6 Å². The number of H-pyrrole nitrogens is 1. The Balaban J connectivity index is 1.76. The zero-order valence-corrected chi connectivity index (χ0v) is 19.5. The van der Waals surface area contributed by atoms with Crippen LogP contribution in [-0.4, -0.2) is 32.6 Å². The average molecular weight is 514 g/mol. The Morgan fingerprint density at radius 2 is 1.81 bits per heavy atom. The standard InChI is InChI=1S/C25H21F3N4O5/c1-2-37-21(33)14-32-20-11-19(17(25(26,27)28)10-18(20)30-23(35)24(32)36)31-9-8-15(13-31)12-29-22(34)16-6-4-3-5-7-16/h3-11,13H,2,12,14H2,1H3,(H,29,34)(H,30,35). The van der Waals surface area contributed by atoms with E-state index in [1.54, 1.807) is 37.3 Å². The molecule has 0 aliphatic heterocycles. The molecule has 37 heavy (non-hydrogen) atoms. The van der Waals surface area contributed by atoms with Gasteiger partial charge in [-0.3, -0.25) is 23.7 Å². The molecule has 2 aromatic heterocycles. The number of ether oxygens (including phenoxy) is 1. The number of nitrogens with one attached hydrogen (secondary N) is 2. The van der Waals surface area contributed by atoms with E-state index in [1.807, 2.05) is 0 Å². The summed E-state index contributed by atoms with van der Waals surface area (Å²) < 4.78 is 48.8. The zero-order chi connectivity index (χ0) is 26.7. The summed E-state index contributed by atoms with van der Waals surface area (Å²) in [6, 6.07) is 11.8. The Morgan fingerprint density at radius 1 is 1.08 bits per heavy atom. The second kappa shape index (κ2) is 10.2. The Hall–Kier alpha value is -4.61. The fraction of sp³-hybridized carbons (Fsp3) is 0.200. The van der Waals surface area contributed by atoms with Gasteiger partial charge in [-0.15, -0.1) is 0 Å². The van der Waals surface area contributed by atoms with Crippen molar-refractivity contribution in [2.75, 3.05) is 6.61 Å². The van der Waals surface area contributed by atoms with E-state index in [4.69, 9.17) is 4.74 Å². The van der Waals surface area contributed by atoms with Gasteiger partial charge in [-0.1, -0.05) is 18.2 Å². The smallest absolute Gasteiger partial charge is 0.418 e. The molecule has 0 aliphatic carbocycles. The highest BCUT2D eigenvalue weighted by Gasteiger charge is 2.35. The first-order valence-electron chi connectivity index (χ1n) is 11.1. The van der Waals surface area contributed by atoms with Crippen LogP contribution in [0.25, 0.3) is 16.7 Å². The van der Waals surface area contributed by atoms with Gasteiger partial charge in [0.15, 0.2) is 0 Å². The van der Waals surface area contributed by atoms with Gasteiger partial charge in [0, 0.05) is 24.5 Å². The lowest BCUT2D eigenvalue weighted by atomic mass is 10.1. The molecule has 0 unspecified atom stereocenters. The summed E-state index contributed by atoms with van der Waals surface area (Å²) in [4.78, 5) is 51.0. The third kappa shape index (κ3) is 5.47. The van der Waals surface area contributed by atoms with Crippen LogP contribution in [0.3, 0.4) is 0 Å². The number of aromatic amines is 1. The van der Waals surface area contributed by atoms with E-state index in [0.29, 0.717) is 17.2 Å². The molecule has 0 atom stereocenters. The summed E-state index contributed by atoms with van der Waals surface area (Å²) in [5.74, 6) is -1.17. The lowest BCUT2D eigenvalue weighted by molar-refractivity contribution is -0.143. The van der Waals surface area contributed by atoms with Crippen LogP contribution >= 0.6 is 0 Å². The Morgan fingerprint density at radius 3 is 2.49 bits per heavy atom. The highest BCUT2D eigenvalue weighted by atomic mass is 19.4. The molecule has 192 valence electrons. The van der Waals surface area contributed by atoms with Crippen LogP contribution < -0.4 is 16.4 Å². The molecule has 0 aliphatic rings. The number of alkyl halides is 3. The molecule has 0 bridgehead atoms. The van der Waals surface area contributed by atoms with Crippen molar-refractivity contribution in [3.05, 3.63) is 98.3 Å². The number of benzene rings is 2. The molecule has 2 N–H and O–H groups in total. The number of carbonyl (C=O) groups is 2. The van der Waals surface area contributed by atoms with Crippen LogP contribution in [0.15, 0.2) is 70.5 Å². The molecule has 0 radical (unpaired) electrons. The van der Waals surface area contributed by atoms with Crippen molar-refractivity contribution in [1.29, 1.82) is 0 Å². The molecule has 0 saturated carbocycles. The number of amides is 1. The zero-order valence-electron chi connectivity index (χ0n) is 19.5. The third-order valence-electron chi connectivity index (χ3n) is 5.51. The normalized spacial score (nSPS) is 11.5. The monoisotopic (exact) mass is 514 g/mol. The van der Waals surface area contributed by atoms with Gasteiger partial charge in [0.2, 0.25) is 0 Å². The molecule has 1 amide bonds. The maximum atomic E-state index is 14.0. The first-order valence-corrected chi connectivity index (χ1v) is 11.1. The van der Waals surface area contributed by atoms with Crippen molar-refractivity contribution in [2.24, 2.45) is 0 Å². The maximum absolute atomic E-state index is 14.0. The van der Waals surface area contributed by atoms with Gasteiger partial charge >= 0.3 is 23.3 Å². The molecule has 12 heteroatoms. The van der Waals surface area contributed by atoms with Crippen LogP contribution in [0.5, 0.6) is 0 Å². The van der Waals surface area contributed by atoms with Crippen LogP contribution in [0.2, 0.25) is 0 Å². The molecule has 0 fully saturated rings. The molecular formula is C25H21F3N4O5. The minimum absolute atomic E-state index is 0.0190. The van der Waals surface area contributed by atoms with Crippen molar-refractivity contribution in [2.45, 2.75) is 26.2 Å². The molecule has 9 nitrogen and oxygen atoms in total. The second-order valence-corrected chi connectivity index (χ2v) is 8.01. The minimum Gasteiger partial charge on any atom is -0.465 e. The van der Waals surface area contributed by atoms with Crippen LogP contribution in [0, 0.1) is 0 Å². The van der Waals surface area contributed by atoms with Gasteiger partial charge in [-0.2, -0.15) is 13.2 Å². The molecule has 2 heterocycles. The number of hydrogen-bond donors (Lipinski definition) is 2. The summed E-state index contributed by atoms with van der Waals surface area (Å²) in [6.07, 6.45) is -2.03. The predicted octanol–water partition coefficient (Wildman–Crippen LogP) is 2.99. The SMILES string of the molecule is CCOC(=O)Cn1c(=O)c(=O)[nH]c2cc(C(F)(F)F)c(-n3ccc(CNC(=O)c4ccccc4)c3)cc21. The number of nitrogens with zero attached hydrogens (tertiary/aromatic N) is 2. The number of halogens is 3. The molecule has 4 aromatic rings. The first kappa shape index (κ1) is 25.5. The summed E-state index contributed by atoms with van der Waals surface area (Å²) in [5, 5.41) is 2.70. The van der Waals surface area contributed by atoms with Crippen molar-refractivity contribution < 1.29 is 27.5 Å². The van der Waals surface area contributed by atoms with Crippen molar-refractivity contribution in [1.82, 2.24) is 19.4 Å². The van der Waals surface area contributed by atoms with Gasteiger partial charge in [-0.05, 0) is 42.8 Å². The van der Waals surface area contributed by atoms with Gasteiger partial charge in [0.05, 0.1) is 28.9 Å². The van der Waals surface area contributed by atoms with Gasteiger partial charge in [0.25, 0.3) is 5.91 Å². The summed E-state index contributed by atoms with van der Waals surface area (Å²) in [6.45, 7) is 0.970. The van der Waals surface area contributed by atoms with E-state index in [1.165, 1.54) is 23.0 Å². The van der Waals surface area contributed by atoms with Crippen molar-refractivity contribution in [3.8, 4) is 5.69 Å². The Bertz CT molecular complexity index is 1590. The summed E-state index contributed by atoms with van der Waals surface area (Å²) in [5.41, 5.74) is -3.11. The van der Waals surface area contributed by atoms with E-state index in [9.17, 15) is 32.3 Å². The minimum atomic E-state index is -4.81. The molecule has 4 rings (SSSR count). The Kier molecular flexibility index (Phi) is 7.00. The number of fused-ring (bicyclic) bond motifs is 1. The first-order chi connectivity index (χ1) is 17.6. The van der Waals surface area contributed by atoms with Crippen molar-refractivity contribution in [3.63, 3.8) is 0 Å². The van der Waals surface area contributed by atoms with Crippen LogP contribution in [-0.2, 0) is 28.8 Å². The molecule has 0 saturated heterocycles. The highest BCUT2D eigenvalue weighted by molar-refractivity contribution is 5.94. The fourth-order valence-corrected chi connectivity index (χ4v) is 3.81. The lowest BCUT2D eigenvalue weighted by Crippen LogP contribution is -2.38. The number of esters is 1. The number of carbonyl (C=O) groups excluding carboxylic acids is 2. The van der Waals surface area contributed by atoms with Gasteiger partial charge < -0.3 is 19.6 Å². The average Bonchev–Trinajstić information content (AvgIpc) is 3.34. The lowest BCUT2D eigenvalue weighted by Gasteiger charge is -2.17. The van der Waals surface area contributed by atoms with E-state index >= 15 is 0 Å². The van der Waals surface area contributed by atoms with Gasteiger partial charge in [0.1, 0.15) is 6.54 Å². The predicted molar refractivity (Wildman–Crippen MR) is 127 cm³/mol. The number of aromatic nitrogens is 3. The maximum Gasteiger partial charge on any atom is 0.418 e. The number of rotatable bonds is 7. The third-order valence-corrected chi connectivity index (χ3v) is 5.51. The second-order valence-electron chi connectivity index (χ2n) is 8.01. The molecule has 2 aromatic carbocycles. The summed E-state index contributed by atoms with van der Waals surface area (Å²) in [7, 11) is 0. The van der Waals surface area contributed by atoms with E-state index in [-0.39, 0.29) is 35.8 Å². The largest absolute Gasteiger partial charge is 0.465 e. The highest BCUT2D eigenvalue weighted by Crippen LogP contribution is 2.36. The van der Waals surface area contributed by atoms with Crippen LogP contribution in [0.4, 0.5) is 13.2 Å². The quantitative estimate of drug-likeness (QED) is 0.291. The van der Waals surface area contributed by atoms with Crippen LogP contribution in [0.1, 0.15) is 28.4 Å². The van der Waals surface area contributed by atoms with Crippen molar-refractivity contribution >= 4 is 22.9 Å². The molecular weight excluding hydrogens is 493 g/mol. The Labute approximate surface area is 207 Å². The molecule has 0 spiro atoms. The van der Waals surface area contributed by atoms with E-state index < -0.39 is 35.4 Å². The number of hydrogen-bond acceptors (Lipinski definition) is 5.